The van der Waals surface area contributed by atoms with E-state index in [2.05, 4.69) is 10.6 Å². The van der Waals surface area contributed by atoms with E-state index in [1.54, 1.807) is 31.3 Å². The maximum atomic E-state index is 12.5. The van der Waals surface area contributed by atoms with Crippen molar-refractivity contribution in [2.24, 2.45) is 23.5 Å². The Morgan fingerprint density at radius 1 is 1.24 bits per heavy atom. The highest BCUT2D eigenvalue weighted by Gasteiger charge is 2.49. The molecule has 2 fully saturated rings. The van der Waals surface area contributed by atoms with Gasteiger partial charge in [-0.05, 0) is 49.3 Å². The monoisotopic (exact) mass is 287 g/mol. The maximum absolute atomic E-state index is 12.5. The molecule has 4 N–H and O–H groups in total. The van der Waals surface area contributed by atoms with Gasteiger partial charge in [0.2, 0.25) is 5.91 Å². The fraction of sp³-hybridized carbons (Fsp3) is 0.500. The molecule has 2 amide bonds. The Morgan fingerprint density at radius 2 is 2.00 bits per heavy atom. The number of benzene rings is 1. The van der Waals surface area contributed by atoms with Crippen LogP contribution in [0.4, 0.5) is 5.69 Å². The van der Waals surface area contributed by atoms with Crippen molar-refractivity contribution in [3.8, 4) is 0 Å². The molecular weight excluding hydrogens is 266 g/mol. The number of carbonyl (C=O) groups excluding carboxylic acids is 2. The van der Waals surface area contributed by atoms with Gasteiger partial charge in [-0.25, -0.2) is 0 Å². The van der Waals surface area contributed by atoms with Gasteiger partial charge in [0, 0.05) is 24.3 Å². The van der Waals surface area contributed by atoms with Crippen molar-refractivity contribution in [2.45, 2.75) is 25.3 Å². The molecule has 2 aliphatic rings. The Kier molecular flexibility index (Phi) is 3.68. The van der Waals surface area contributed by atoms with Gasteiger partial charge in [-0.2, -0.15) is 0 Å². The van der Waals surface area contributed by atoms with Crippen LogP contribution in [0.1, 0.15) is 29.6 Å². The minimum atomic E-state index is -0.164. The van der Waals surface area contributed by atoms with Crippen LogP contribution in [0.15, 0.2) is 24.3 Å². The molecule has 1 aromatic carbocycles. The second-order valence-electron chi connectivity index (χ2n) is 6.09. The molecule has 21 heavy (non-hydrogen) atoms. The summed E-state index contributed by atoms with van der Waals surface area (Å²) in [6.45, 7) is 0. The van der Waals surface area contributed by atoms with Gasteiger partial charge in [0.15, 0.2) is 0 Å². The van der Waals surface area contributed by atoms with E-state index in [9.17, 15) is 9.59 Å². The molecular formula is C16H21N3O2. The highest BCUT2D eigenvalue weighted by Crippen LogP contribution is 2.47. The molecule has 3 rings (SSSR count). The molecule has 2 saturated carbocycles. The molecule has 0 saturated heterocycles. The van der Waals surface area contributed by atoms with Crippen LogP contribution in [0.3, 0.4) is 0 Å². The summed E-state index contributed by atoms with van der Waals surface area (Å²) in [5.41, 5.74) is 7.38. The van der Waals surface area contributed by atoms with Crippen molar-refractivity contribution in [2.75, 3.05) is 12.4 Å². The van der Waals surface area contributed by atoms with Crippen molar-refractivity contribution in [1.29, 1.82) is 0 Å². The van der Waals surface area contributed by atoms with E-state index in [1.807, 2.05) is 0 Å². The lowest BCUT2D eigenvalue weighted by Crippen LogP contribution is -2.42. The van der Waals surface area contributed by atoms with Crippen LogP contribution in [0, 0.1) is 17.8 Å². The van der Waals surface area contributed by atoms with E-state index >= 15 is 0 Å². The molecule has 112 valence electrons. The molecule has 0 aliphatic heterocycles. The maximum Gasteiger partial charge on any atom is 0.251 e. The van der Waals surface area contributed by atoms with Crippen LogP contribution >= 0.6 is 0 Å². The molecule has 0 heterocycles. The fourth-order valence-electron chi connectivity index (χ4n) is 3.83. The summed E-state index contributed by atoms with van der Waals surface area (Å²) in [6.07, 6.45) is 3.34. The number of hydrogen-bond acceptors (Lipinski definition) is 3. The smallest absolute Gasteiger partial charge is 0.251 e. The van der Waals surface area contributed by atoms with E-state index in [4.69, 9.17) is 5.73 Å². The predicted molar refractivity (Wildman–Crippen MR) is 80.8 cm³/mol. The number of hydrogen-bond donors (Lipinski definition) is 3. The second-order valence-corrected chi connectivity index (χ2v) is 6.09. The minimum Gasteiger partial charge on any atom is -0.355 e. The van der Waals surface area contributed by atoms with Gasteiger partial charge in [-0.15, -0.1) is 0 Å². The number of nitrogens with one attached hydrogen (secondary N) is 2. The van der Waals surface area contributed by atoms with Crippen LogP contribution in [-0.2, 0) is 4.79 Å². The number of fused-ring (bicyclic) bond motifs is 2. The molecule has 4 unspecified atom stereocenters. The van der Waals surface area contributed by atoms with E-state index in [-0.39, 0.29) is 23.8 Å². The molecule has 0 radical (unpaired) electrons. The standard InChI is InChI=1S/C16H21N3O2/c1-18-15(20)11-3-2-4-12(8-11)19-16(21)13-9-5-6-10(7-9)14(13)17/h2-4,8-10,13-14H,5-7,17H2,1H3,(H,18,20)(H,19,21). The zero-order valence-electron chi connectivity index (χ0n) is 12.1. The first-order valence-electron chi connectivity index (χ1n) is 7.48. The topological polar surface area (TPSA) is 84.2 Å². The average molecular weight is 287 g/mol. The Bertz CT molecular complexity index is 570. The highest BCUT2D eigenvalue weighted by molar-refractivity contribution is 5.97. The molecule has 4 atom stereocenters. The highest BCUT2D eigenvalue weighted by atomic mass is 16.2. The third kappa shape index (κ3) is 2.53. The SMILES string of the molecule is CNC(=O)c1cccc(NC(=O)C2C3CCC(C3)C2N)c1. The summed E-state index contributed by atoms with van der Waals surface area (Å²) in [4.78, 5) is 24.1. The van der Waals surface area contributed by atoms with Gasteiger partial charge in [-0.1, -0.05) is 6.07 Å². The number of nitrogens with two attached hydrogens (primary N) is 1. The Balaban J connectivity index is 1.72. The van der Waals surface area contributed by atoms with Gasteiger partial charge >= 0.3 is 0 Å². The molecule has 2 aliphatic carbocycles. The van der Waals surface area contributed by atoms with Crippen LogP contribution in [0.5, 0.6) is 0 Å². The second kappa shape index (κ2) is 5.48. The van der Waals surface area contributed by atoms with E-state index in [0.29, 0.717) is 23.1 Å². The third-order valence-electron chi connectivity index (χ3n) is 4.90. The van der Waals surface area contributed by atoms with Gasteiger partial charge in [-0.3, -0.25) is 9.59 Å². The summed E-state index contributed by atoms with van der Waals surface area (Å²) >= 11 is 0. The lowest BCUT2D eigenvalue weighted by Gasteiger charge is -2.27. The molecule has 5 heteroatoms. The first-order chi connectivity index (χ1) is 10.1. The number of amides is 2. The largest absolute Gasteiger partial charge is 0.355 e. The lowest BCUT2D eigenvalue weighted by atomic mass is 9.84. The first-order valence-corrected chi connectivity index (χ1v) is 7.48. The Hall–Kier alpha value is -1.88. The van der Waals surface area contributed by atoms with Crippen LogP contribution < -0.4 is 16.4 Å². The summed E-state index contributed by atoms with van der Waals surface area (Å²) in [6, 6.07) is 6.95. The van der Waals surface area contributed by atoms with E-state index in [1.165, 1.54) is 0 Å². The van der Waals surface area contributed by atoms with Crippen LogP contribution in [0.2, 0.25) is 0 Å². The predicted octanol–water partition coefficient (Wildman–Crippen LogP) is 1.36. The molecule has 0 spiro atoms. The van der Waals surface area contributed by atoms with Crippen molar-refractivity contribution in [1.82, 2.24) is 5.32 Å². The van der Waals surface area contributed by atoms with Gasteiger partial charge in [0.25, 0.3) is 5.91 Å². The zero-order chi connectivity index (χ0) is 15.0. The number of anilines is 1. The van der Waals surface area contributed by atoms with Crippen LogP contribution in [-0.4, -0.2) is 24.9 Å². The molecule has 2 bridgehead atoms. The zero-order valence-corrected chi connectivity index (χ0v) is 12.1. The Morgan fingerprint density at radius 3 is 2.67 bits per heavy atom. The number of carbonyl (C=O) groups is 2. The van der Waals surface area contributed by atoms with Crippen molar-refractivity contribution in [3.63, 3.8) is 0 Å². The first kappa shape index (κ1) is 14.1. The van der Waals surface area contributed by atoms with Gasteiger partial charge in [0.1, 0.15) is 0 Å². The summed E-state index contributed by atoms with van der Waals surface area (Å²) in [7, 11) is 1.59. The normalized spacial score (nSPS) is 30.2. The van der Waals surface area contributed by atoms with Crippen molar-refractivity contribution >= 4 is 17.5 Å². The summed E-state index contributed by atoms with van der Waals surface area (Å²) < 4.78 is 0. The minimum absolute atomic E-state index is 0.0104. The number of rotatable bonds is 3. The Labute approximate surface area is 124 Å². The van der Waals surface area contributed by atoms with E-state index < -0.39 is 0 Å². The fourth-order valence-corrected chi connectivity index (χ4v) is 3.83. The average Bonchev–Trinajstić information content (AvgIpc) is 3.07. The quantitative estimate of drug-likeness (QED) is 0.784. The van der Waals surface area contributed by atoms with Crippen molar-refractivity contribution in [3.05, 3.63) is 29.8 Å². The lowest BCUT2D eigenvalue weighted by molar-refractivity contribution is -0.121. The molecule has 0 aromatic heterocycles. The molecule has 5 nitrogen and oxygen atoms in total. The summed E-state index contributed by atoms with van der Waals surface area (Å²) in [5, 5.41) is 5.49. The van der Waals surface area contributed by atoms with Gasteiger partial charge < -0.3 is 16.4 Å². The van der Waals surface area contributed by atoms with Gasteiger partial charge in [0.05, 0.1) is 5.92 Å². The summed E-state index contributed by atoms with van der Waals surface area (Å²) in [5.74, 6) is 0.661. The third-order valence-corrected chi connectivity index (χ3v) is 4.90. The molecule has 1 aromatic rings. The van der Waals surface area contributed by atoms with E-state index in [0.717, 1.165) is 19.3 Å². The van der Waals surface area contributed by atoms with Crippen molar-refractivity contribution < 1.29 is 9.59 Å². The van der Waals surface area contributed by atoms with Crippen LogP contribution in [0.25, 0.3) is 0 Å².